The van der Waals surface area contributed by atoms with Gasteiger partial charge < -0.3 is 14.9 Å². The molecule has 0 saturated carbocycles. The summed E-state index contributed by atoms with van der Waals surface area (Å²) in [6.07, 6.45) is -0.988. The molecule has 1 unspecified atom stereocenters. The summed E-state index contributed by atoms with van der Waals surface area (Å²) in [6, 6.07) is 9.52. The maximum absolute atomic E-state index is 10.7. The highest BCUT2D eigenvalue weighted by Crippen LogP contribution is 2.69. The van der Waals surface area contributed by atoms with E-state index in [2.05, 4.69) is 11.8 Å². The highest BCUT2D eigenvalue weighted by molar-refractivity contribution is 8.25. The molecule has 6 nitrogen and oxygen atoms in total. The molecule has 0 radical (unpaired) electrons. The van der Waals surface area contributed by atoms with Gasteiger partial charge in [0.2, 0.25) is 0 Å². The van der Waals surface area contributed by atoms with E-state index < -0.39 is 34.0 Å². The fourth-order valence-corrected chi connectivity index (χ4v) is 4.88. The Labute approximate surface area is 169 Å². The first-order valence-corrected chi connectivity index (χ1v) is 10.2. The van der Waals surface area contributed by atoms with Crippen LogP contribution in [0.5, 0.6) is 5.75 Å². The minimum atomic E-state index is -3.20. The molecule has 4 N–H and O–H groups in total. The number of carbonyl (C=O) groups is 1. The molecule has 0 aromatic heterocycles. The van der Waals surface area contributed by atoms with E-state index in [4.69, 9.17) is 21.4 Å². The SMILES string of the molecule is CC1(C)C(O)c2ccc(C#Cc3cc(Cl)ccc3OCC(=O)O)cc2S1(O)O. The molecule has 3 rings (SSSR count). The molecule has 0 bridgehead atoms. The minimum Gasteiger partial charge on any atom is -0.481 e. The molecule has 1 aliphatic rings. The average Bonchev–Trinajstić information content (AvgIpc) is 2.76. The van der Waals surface area contributed by atoms with E-state index in [-0.39, 0.29) is 10.6 Å². The molecule has 28 heavy (non-hydrogen) atoms. The molecule has 0 saturated heterocycles. The van der Waals surface area contributed by atoms with Crippen molar-refractivity contribution in [1.82, 2.24) is 0 Å². The summed E-state index contributed by atoms with van der Waals surface area (Å²) in [5, 5.41) is 19.6. The third-order valence-electron chi connectivity index (χ3n) is 4.64. The highest BCUT2D eigenvalue weighted by atomic mass is 35.5. The molecule has 1 aliphatic heterocycles. The quantitative estimate of drug-likeness (QED) is 0.554. The lowest BCUT2D eigenvalue weighted by atomic mass is 9.98. The number of fused-ring (bicyclic) bond motifs is 1. The van der Waals surface area contributed by atoms with Crippen molar-refractivity contribution in [2.24, 2.45) is 0 Å². The van der Waals surface area contributed by atoms with Gasteiger partial charge in [-0.2, -0.15) is 10.6 Å². The predicted molar refractivity (Wildman–Crippen MR) is 107 cm³/mol. The van der Waals surface area contributed by atoms with Gasteiger partial charge in [-0.15, -0.1) is 0 Å². The van der Waals surface area contributed by atoms with Gasteiger partial charge in [0.1, 0.15) is 11.9 Å². The number of aliphatic hydroxyl groups is 1. The number of benzene rings is 2. The van der Waals surface area contributed by atoms with Crippen LogP contribution in [0.3, 0.4) is 0 Å². The summed E-state index contributed by atoms with van der Waals surface area (Å²) in [5.74, 6) is 4.94. The smallest absolute Gasteiger partial charge is 0.341 e. The first-order valence-electron chi connectivity index (χ1n) is 8.30. The first-order chi connectivity index (χ1) is 13.0. The average molecular weight is 423 g/mol. The van der Waals surface area contributed by atoms with Crippen LogP contribution in [0.25, 0.3) is 0 Å². The van der Waals surface area contributed by atoms with Gasteiger partial charge in [0.15, 0.2) is 6.61 Å². The van der Waals surface area contributed by atoms with E-state index in [1.807, 2.05) is 0 Å². The van der Waals surface area contributed by atoms with Gasteiger partial charge in [-0.05, 0) is 44.2 Å². The second-order valence-electron chi connectivity index (χ2n) is 6.88. The molecule has 148 valence electrons. The van der Waals surface area contributed by atoms with E-state index >= 15 is 0 Å². The number of carboxylic acids is 1. The predicted octanol–water partition coefficient (Wildman–Crippen LogP) is 4.14. The lowest BCUT2D eigenvalue weighted by Crippen LogP contribution is -2.29. The van der Waals surface area contributed by atoms with Gasteiger partial charge in [0.05, 0.1) is 15.2 Å². The van der Waals surface area contributed by atoms with Crippen LogP contribution in [-0.2, 0) is 4.79 Å². The van der Waals surface area contributed by atoms with Crippen molar-refractivity contribution in [2.75, 3.05) is 6.61 Å². The molecular weight excluding hydrogens is 404 g/mol. The van der Waals surface area contributed by atoms with Crippen LogP contribution < -0.4 is 4.74 Å². The number of halogens is 1. The fourth-order valence-electron chi connectivity index (χ4n) is 2.90. The number of rotatable bonds is 3. The second kappa shape index (κ2) is 7.32. The summed E-state index contributed by atoms with van der Waals surface area (Å²) in [5.41, 5.74) is 1.39. The van der Waals surface area contributed by atoms with Crippen LogP contribution in [-0.4, -0.2) is 36.6 Å². The highest BCUT2D eigenvalue weighted by Gasteiger charge is 2.50. The standard InChI is InChI=1S/C20H19ClO6S/c1-20(2)19(24)15-7-4-12(9-17(15)28(20,25)26)3-5-13-10-14(21)6-8-16(13)27-11-18(22)23/h4,6-10,19,24-26H,11H2,1-2H3,(H,22,23). The number of ether oxygens (including phenoxy) is 1. The molecular formula is C20H19ClO6S. The largest absolute Gasteiger partial charge is 0.481 e. The molecule has 2 aromatic rings. The number of carboxylic acid groups (broad SMARTS) is 1. The van der Waals surface area contributed by atoms with Gasteiger partial charge in [0, 0.05) is 16.1 Å². The van der Waals surface area contributed by atoms with Crippen LogP contribution in [0.15, 0.2) is 41.3 Å². The first kappa shape index (κ1) is 20.5. The Morgan fingerprint density at radius 2 is 1.93 bits per heavy atom. The van der Waals surface area contributed by atoms with E-state index in [9.17, 15) is 19.0 Å². The van der Waals surface area contributed by atoms with Crippen molar-refractivity contribution in [1.29, 1.82) is 0 Å². The summed E-state index contributed by atoms with van der Waals surface area (Å²) >= 11 is 5.99. The number of hydrogen-bond donors (Lipinski definition) is 4. The van der Waals surface area contributed by atoms with Gasteiger partial charge in [0.25, 0.3) is 0 Å². The maximum Gasteiger partial charge on any atom is 0.341 e. The zero-order valence-electron chi connectivity index (χ0n) is 15.1. The van der Waals surface area contributed by atoms with E-state index in [1.165, 1.54) is 6.07 Å². The Morgan fingerprint density at radius 3 is 2.61 bits per heavy atom. The van der Waals surface area contributed by atoms with Crippen molar-refractivity contribution >= 4 is 28.2 Å². The van der Waals surface area contributed by atoms with E-state index in [0.29, 0.717) is 21.7 Å². The van der Waals surface area contributed by atoms with E-state index in [1.54, 1.807) is 44.2 Å². The van der Waals surface area contributed by atoms with Gasteiger partial charge in [-0.1, -0.05) is 29.5 Å². The lowest BCUT2D eigenvalue weighted by molar-refractivity contribution is -0.139. The third kappa shape index (κ3) is 3.58. The Kier molecular flexibility index (Phi) is 5.36. The minimum absolute atomic E-state index is 0.279. The number of aliphatic hydroxyl groups excluding tert-OH is 1. The van der Waals surface area contributed by atoms with Crippen LogP contribution in [0.2, 0.25) is 5.02 Å². The Bertz CT molecular complexity index is 1010. The summed E-state index contributed by atoms with van der Waals surface area (Å²) in [4.78, 5) is 11.0. The van der Waals surface area contributed by atoms with Crippen LogP contribution >= 0.6 is 22.2 Å². The lowest BCUT2D eigenvalue weighted by Gasteiger charge is -2.42. The number of hydrogen-bond acceptors (Lipinski definition) is 5. The molecule has 1 heterocycles. The topological polar surface area (TPSA) is 107 Å². The third-order valence-corrected chi connectivity index (χ3v) is 7.53. The zero-order chi connectivity index (χ0) is 20.7. The summed E-state index contributed by atoms with van der Waals surface area (Å²) in [6.45, 7) is 2.70. The molecule has 2 aromatic carbocycles. The molecule has 0 fully saturated rings. The molecule has 0 aliphatic carbocycles. The molecule has 1 atom stereocenters. The summed E-state index contributed by atoms with van der Waals surface area (Å²) < 4.78 is 25.3. The van der Waals surface area contributed by atoms with E-state index in [0.717, 1.165) is 0 Å². The van der Waals surface area contributed by atoms with Crippen LogP contribution in [0.1, 0.15) is 36.6 Å². The van der Waals surface area contributed by atoms with Crippen LogP contribution in [0.4, 0.5) is 0 Å². The van der Waals surface area contributed by atoms with Gasteiger partial charge >= 0.3 is 5.97 Å². The van der Waals surface area contributed by atoms with Crippen molar-refractivity contribution in [3.8, 4) is 17.6 Å². The Hall–Kier alpha value is -2.21. The maximum atomic E-state index is 10.7. The van der Waals surface area contributed by atoms with Crippen molar-refractivity contribution < 1.29 is 28.8 Å². The molecule has 0 spiro atoms. The van der Waals surface area contributed by atoms with Crippen molar-refractivity contribution in [3.05, 3.63) is 58.1 Å². The van der Waals surface area contributed by atoms with Crippen molar-refractivity contribution in [3.63, 3.8) is 0 Å². The molecule has 0 amide bonds. The summed E-state index contributed by atoms with van der Waals surface area (Å²) in [7, 11) is -3.20. The van der Waals surface area contributed by atoms with Crippen LogP contribution in [0, 0.1) is 11.8 Å². The van der Waals surface area contributed by atoms with Gasteiger partial charge in [-0.25, -0.2) is 4.79 Å². The Morgan fingerprint density at radius 1 is 1.21 bits per heavy atom. The number of aliphatic carboxylic acids is 1. The molecule has 8 heteroatoms. The second-order valence-corrected chi connectivity index (χ2v) is 9.91. The normalized spacial score (nSPS) is 19.9. The Balaban J connectivity index is 1.97. The van der Waals surface area contributed by atoms with Gasteiger partial charge in [-0.3, -0.25) is 9.11 Å². The fraction of sp³-hybridized carbons (Fsp3) is 0.250. The zero-order valence-corrected chi connectivity index (χ0v) is 16.7. The van der Waals surface area contributed by atoms with Crippen molar-refractivity contribution in [2.45, 2.75) is 29.6 Å². The monoisotopic (exact) mass is 422 g/mol.